The van der Waals surface area contributed by atoms with E-state index in [-0.39, 0.29) is 0 Å². The summed E-state index contributed by atoms with van der Waals surface area (Å²) in [4.78, 5) is 26.0. The van der Waals surface area contributed by atoms with E-state index >= 15 is 0 Å². The summed E-state index contributed by atoms with van der Waals surface area (Å²) >= 11 is 0. The summed E-state index contributed by atoms with van der Waals surface area (Å²) in [6.07, 6.45) is 2.24. The molecule has 120 valence electrons. The average molecular weight is 303 g/mol. The number of likely N-dealkylation sites (tertiary alicyclic amines) is 1. The highest BCUT2D eigenvalue weighted by atomic mass is 16.2. The van der Waals surface area contributed by atoms with Crippen LogP contribution in [-0.4, -0.2) is 42.4 Å². The minimum absolute atomic E-state index is 0.360. The van der Waals surface area contributed by atoms with Gasteiger partial charge in [-0.3, -0.25) is 14.5 Å². The predicted molar refractivity (Wildman–Crippen MR) is 86.3 cm³/mol. The lowest BCUT2D eigenvalue weighted by molar-refractivity contribution is -0.139. The van der Waals surface area contributed by atoms with Gasteiger partial charge in [-0.25, -0.2) is 0 Å². The molecule has 1 aromatic rings. The Morgan fingerprint density at radius 1 is 1.18 bits per heavy atom. The summed E-state index contributed by atoms with van der Waals surface area (Å²) < 4.78 is 0. The Balaban J connectivity index is 1.72. The van der Waals surface area contributed by atoms with Crippen molar-refractivity contribution in [3.63, 3.8) is 0 Å². The highest BCUT2D eigenvalue weighted by molar-refractivity contribution is 6.35. The molecule has 1 unspecified atom stereocenters. The van der Waals surface area contributed by atoms with Crippen molar-refractivity contribution < 1.29 is 9.59 Å². The molecular formula is C17H25N3O2. The molecule has 1 aliphatic rings. The van der Waals surface area contributed by atoms with Crippen LogP contribution in [-0.2, 0) is 16.1 Å². The smallest absolute Gasteiger partial charge is 0.309 e. The molecule has 1 aliphatic heterocycles. The third kappa shape index (κ3) is 4.56. The van der Waals surface area contributed by atoms with Gasteiger partial charge >= 0.3 is 11.8 Å². The molecule has 1 aromatic carbocycles. The number of benzene rings is 1. The third-order valence-corrected chi connectivity index (χ3v) is 4.18. The number of hydrogen-bond donors (Lipinski definition) is 2. The summed E-state index contributed by atoms with van der Waals surface area (Å²) in [5.41, 5.74) is 2.16. The van der Waals surface area contributed by atoms with Crippen molar-refractivity contribution in [2.24, 2.45) is 0 Å². The second kappa shape index (κ2) is 7.94. The predicted octanol–water partition coefficient (Wildman–Crippen LogP) is 1.21. The maximum atomic E-state index is 11.8. The fourth-order valence-electron chi connectivity index (χ4n) is 2.80. The Morgan fingerprint density at radius 2 is 1.86 bits per heavy atom. The second-order valence-corrected chi connectivity index (χ2v) is 5.80. The van der Waals surface area contributed by atoms with Crippen molar-refractivity contribution in [2.75, 3.05) is 19.6 Å². The minimum Gasteiger partial charge on any atom is -0.346 e. The molecule has 1 fully saturated rings. The van der Waals surface area contributed by atoms with Crippen molar-refractivity contribution >= 4 is 11.8 Å². The zero-order valence-corrected chi connectivity index (χ0v) is 13.4. The maximum Gasteiger partial charge on any atom is 0.309 e. The molecule has 0 spiro atoms. The number of aryl methyl sites for hydroxylation is 1. The van der Waals surface area contributed by atoms with Crippen LogP contribution in [0.15, 0.2) is 24.3 Å². The zero-order valence-electron chi connectivity index (χ0n) is 13.4. The number of carbonyl (C=O) groups excluding carboxylic acids is 2. The molecular weight excluding hydrogens is 278 g/mol. The lowest BCUT2D eigenvalue weighted by Crippen LogP contribution is -2.45. The van der Waals surface area contributed by atoms with Crippen molar-refractivity contribution in [2.45, 2.75) is 39.3 Å². The summed E-state index contributed by atoms with van der Waals surface area (Å²) in [6, 6.07) is 8.23. The Labute approximate surface area is 132 Å². The van der Waals surface area contributed by atoms with Crippen molar-refractivity contribution in [1.29, 1.82) is 0 Å². The number of amides is 2. The molecule has 2 amide bonds. The monoisotopic (exact) mass is 303 g/mol. The largest absolute Gasteiger partial charge is 0.346 e. The molecule has 2 rings (SSSR count). The van der Waals surface area contributed by atoms with E-state index < -0.39 is 11.8 Å². The second-order valence-electron chi connectivity index (χ2n) is 5.80. The normalized spacial score (nSPS) is 18.2. The molecule has 22 heavy (non-hydrogen) atoms. The minimum atomic E-state index is -0.568. The van der Waals surface area contributed by atoms with Gasteiger partial charge in [0.15, 0.2) is 0 Å². The molecule has 0 aliphatic carbocycles. The van der Waals surface area contributed by atoms with Crippen LogP contribution in [0.4, 0.5) is 0 Å². The van der Waals surface area contributed by atoms with Crippen LogP contribution >= 0.6 is 0 Å². The molecule has 0 bridgehead atoms. The van der Waals surface area contributed by atoms with Gasteiger partial charge in [0.1, 0.15) is 0 Å². The first-order valence-electron chi connectivity index (χ1n) is 7.95. The number of hydrogen-bond acceptors (Lipinski definition) is 3. The van der Waals surface area contributed by atoms with Gasteiger partial charge in [0.05, 0.1) is 0 Å². The number of carbonyl (C=O) groups is 2. The van der Waals surface area contributed by atoms with Gasteiger partial charge in [0.25, 0.3) is 0 Å². The average Bonchev–Trinajstić information content (AvgIpc) is 2.99. The lowest BCUT2D eigenvalue weighted by Gasteiger charge is -2.22. The Hall–Kier alpha value is -1.88. The molecule has 2 N–H and O–H groups in total. The standard InChI is InChI=1S/C17H25N3O2/c1-3-20-10-4-5-15(20)12-19-17(22)16(21)18-11-14-8-6-13(2)7-9-14/h6-9,15H,3-5,10-12H2,1-2H3,(H,18,21)(H,19,22). The first-order chi connectivity index (χ1) is 10.6. The van der Waals surface area contributed by atoms with E-state index in [1.54, 1.807) is 0 Å². The summed E-state index contributed by atoms with van der Waals surface area (Å²) in [7, 11) is 0. The highest BCUT2D eigenvalue weighted by Crippen LogP contribution is 2.15. The van der Waals surface area contributed by atoms with E-state index in [0.29, 0.717) is 19.1 Å². The van der Waals surface area contributed by atoms with Crippen LogP contribution in [0, 0.1) is 6.92 Å². The van der Waals surface area contributed by atoms with Crippen molar-refractivity contribution in [3.8, 4) is 0 Å². The molecule has 5 nitrogen and oxygen atoms in total. The van der Waals surface area contributed by atoms with Gasteiger partial charge in [0, 0.05) is 19.1 Å². The zero-order chi connectivity index (χ0) is 15.9. The Kier molecular flexibility index (Phi) is 5.95. The summed E-state index contributed by atoms with van der Waals surface area (Å²) in [5, 5.41) is 5.40. The summed E-state index contributed by atoms with van der Waals surface area (Å²) in [5.74, 6) is -1.11. The molecule has 0 radical (unpaired) electrons. The van der Waals surface area contributed by atoms with E-state index in [1.165, 1.54) is 5.56 Å². The first kappa shape index (κ1) is 16.5. The van der Waals surface area contributed by atoms with Crippen molar-refractivity contribution in [1.82, 2.24) is 15.5 Å². The highest BCUT2D eigenvalue weighted by Gasteiger charge is 2.24. The van der Waals surface area contributed by atoms with E-state index in [0.717, 1.165) is 31.5 Å². The number of nitrogens with zero attached hydrogens (tertiary/aromatic N) is 1. The maximum absolute atomic E-state index is 11.8. The Bertz CT molecular complexity index is 513. The molecule has 1 atom stereocenters. The quantitative estimate of drug-likeness (QED) is 0.804. The van der Waals surface area contributed by atoms with Crippen LogP contribution in [0.5, 0.6) is 0 Å². The molecule has 0 aromatic heterocycles. The van der Waals surface area contributed by atoms with Gasteiger partial charge in [0.2, 0.25) is 0 Å². The summed E-state index contributed by atoms with van der Waals surface area (Å²) in [6.45, 7) is 7.12. The van der Waals surface area contributed by atoms with Gasteiger partial charge in [-0.2, -0.15) is 0 Å². The van der Waals surface area contributed by atoms with Gasteiger partial charge < -0.3 is 10.6 Å². The topological polar surface area (TPSA) is 61.4 Å². The van der Waals surface area contributed by atoms with Crippen LogP contribution in [0.25, 0.3) is 0 Å². The van der Waals surface area contributed by atoms with Crippen LogP contribution < -0.4 is 10.6 Å². The molecule has 1 saturated heterocycles. The van der Waals surface area contributed by atoms with Crippen LogP contribution in [0.2, 0.25) is 0 Å². The lowest BCUT2D eigenvalue weighted by atomic mass is 10.1. The SMILES string of the molecule is CCN1CCCC1CNC(=O)C(=O)NCc1ccc(C)cc1. The van der Waals surface area contributed by atoms with Crippen LogP contribution in [0.3, 0.4) is 0 Å². The van der Waals surface area contributed by atoms with E-state index in [1.807, 2.05) is 31.2 Å². The molecule has 1 heterocycles. The first-order valence-corrected chi connectivity index (χ1v) is 7.95. The Morgan fingerprint density at radius 3 is 2.55 bits per heavy atom. The molecule has 5 heteroatoms. The number of rotatable bonds is 5. The molecule has 0 saturated carbocycles. The van der Waals surface area contributed by atoms with E-state index in [9.17, 15) is 9.59 Å². The fraction of sp³-hybridized carbons (Fsp3) is 0.529. The van der Waals surface area contributed by atoms with Crippen molar-refractivity contribution in [3.05, 3.63) is 35.4 Å². The van der Waals surface area contributed by atoms with Gasteiger partial charge in [-0.05, 0) is 38.4 Å². The fourth-order valence-corrected chi connectivity index (χ4v) is 2.80. The van der Waals surface area contributed by atoms with Crippen LogP contribution in [0.1, 0.15) is 30.9 Å². The van der Waals surface area contributed by atoms with E-state index in [4.69, 9.17) is 0 Å². The van der Waals surface area contributed by atoms with Gasteiger partial charge in [-0.15, -0.1) is 0 Å². The number of nitrogens with one attached hydrogen (secondary N) is 2. The van der Waals surface area contributed by atoms with Gasteiger partial charge in [-0.1, -0.05) is 36.8 Å². The number of likely N-dealkylation sites (N-methyl/N-ethyl adjacent to an activating group) is 1. The van der Waals surface area contributed by atoms with E-state index in [2.05, 4.69) is 22.5 Å². The third-order valence-electron chi connectivity index (χ3n) is 4.18.